The van der Waals surface area contributed by atoms with Gasteiger partial charge < -0.3 is 9.15 Å². The maximum Gasteiger partial charge on any atom is 0.283 e. The van der Waals surface area contributed by atoms with Gasteiger partial charge in [0.2, 0.25) is 5.17 Å². The number of carbonyl (C=O) groups is 1. The lowest BCUT2D eigenvalue weighted by atomic mass is 10.1. The van der Waals surface area contributed by atoms with E-state index in [0.29, 0.717) is 22.1 Å². The molecule has 0 saturated carbocycles. The molecule has 2 aliphatic rings. The van der Waals surface area contributed by atoms with Crippen molar-refractivity contribution >= 4 is 45.5 Å². The molecule has 10 nitrogen and oxygen atoms in total. The number of hydrogen-bond acceptors (Lipinski definition) is 8. The molecule has 0 fully saturated rings. The van der Waals surface area contributed by atoms with E-state index >= 15 is 0 Å². The largest absolute Gasteiger partial charge is 0.486 e. The summed E-state index contributed by atoms with van der Waals surface area (Å²) < 4.78 is 11.6. The van der Waals surface area contributed by atoms with Crippen LogP contribution in [-0.2, 0) is 4.79 Å². The van der Waals surface area contributed by atoms with Gasteiger partial charge in [0.15, 0.2) is 5.84 Å². The van der Waals surface area contributed by atoms with Gasteiger partial charge >= 0.3 is 0 Å². The Hall–Kier alpha value is -4.51. The lowest BCUT2D eigenvalue weighted by Gasteiger charge is -2.19. The maximum atomic E-state index is 12.6. The number of fused-ring (bicyclic) bond motifs is 1. The van der Waals surface area contributed by atoms with Gasteiger partial charge in [0, 0.05) is 17.7 Å². The number of non-ortho nitro benzene ring substituents is 1. The number of nitrogens with zero attached hydrogens (tertiary/aromatic N) is 4. The van der Waals surface area contributed by atoms with Gasteiger partial charge in [-0.2, -0.15) is 15.1 Å². The molecule has 35 heavy (non-hydrogen) atoms. The number of ether oxygens (including phenoxy) is 1. The highest BCUT2D eigenvalue weighted by Crippen LogP contribution is 2.31. The molecule has 0 atom stereocenters. The minimum Gasteiger partial charge on any atom is -0.486 e. The molecular formula is C24H17N5O5S. The third kappa shape index (κ3) is 4.49. The Morgan fingerprint density at radius 3 is 2.83 bits per heavy atom. The summed E-state index contributed by atoms with van der Waals surface area (Å²) in [5.41, 5.74) is 1.46. The summed E-state index contributed by atoms with van der Waals surface area (Å²) in [4.78, 5) is 27.3. The second kappa shape index (κ2) is 9.03. The van der Waals surface area contributed by atoms with E-state index in [-0.39, 0.29) is 28.9 Å². The van der Waals surface area contributed by atoms with Crippen LogP contribution in [0, 0.1) is 22.4 Å². The molecule has 2 aromatic carbocycles. The molecule has 3 heterocycles. The first-order valence-corrected chi connectivity index (χ1v) is 11.2. The number of nitro benzene ring substituents is 1. The first kappa shape index (κ1) is 22.3. The van der Waals surface area contributed by atoms with E-state index in [0.717, 1.165) is 11.3 Å². The monoisotopic (exact) mass is 487 g/mol. The van der Waals surface area contributed by atoms with Gasteiger partial charge in [-0.25, -0.2) is 0 Å². The van der Waals surface area contributed by atoms with Gasteiger partial charge in [0.1, 0.15) is 28.9 Å². The standard InChI is InChI=1S/C24H17N5O5S/c1-14-5-2-3-8-19(14)33-13-21-27-28-22(25)18(23(30)26-24(28)35-21)12-17-9-10-20(34-17)15-6-4-7-16(11-15)29(31)32/h2-12,25H,13H2,1H3. The average molecular weight is 487 g/mol. The summed E-state index contributed by atoms with van der Waals surface area (Å²) >= 11 is 1.17. The number of amides is 1. The molecular weight excluding hydrogens is 470 g/mol. The molecule has 5 rings (SSSR count). The fourth-order valence-electron chi connectivity index (χ4n) is 3.45. The van der Waals surface area contributed by atoms with E-state index < -0.39 is 10.8 Å². The number of carbonyl (C=O) groups excluding carboxylic acids is 1. The van der Waals surface area contributed by atoms with E-state index in [9.17, 15) is 14.9 Å². The SMILES string of the molecule is Cc1ccccc1OCC1=NN2C(=N)C(=Cc3ccc(-c4cccc([N+](=O)[O-])c4)o3)C(=O)N=C2S1. The van der Waals surface area contributed by atoms with Crippen molar-refractivity contribution in [1.29, 1.82) is 5.41 Å². The summed E-state index contributed by atoms with van der Waals surface area (Å²) in [7, 11) is 0. The Labute approximate surface area is 203 Å². The van der Waals surface area contributed by atoms with Crippen LogP contribution in [0.25, 0.3) is 17.4 Å². The number of rotatable bonds is 6. The number of hydrazone groups is 1. The van der Waals surface area contributed by atoms with Crippen LogP contribution in [0.4, 0.5) is 5.69 Å². The second-order valence-corrected chi connectivity index (χ2v) is 8.62. The molecule has 3 aromatic rings. The highest BCUT2D eigenvalue weighted by Gasteiger charge is 2.36. The molecule has 1 amide bonds. The number of aryl methyl sites for hydroxylation is 1. The molecule has 2 aliphatic heterocycles. The highest BCUT2D eigenvalue weighted by atomic mass is 32.2. The quantitative estimate of drug-likeness (QED) is 0.298. The normalized spacial score (nSPS) is 16.3. The molecule has 11 heteroatoms. The average Bonchev–Trinajstić information content (AvgIpc) is 3.48. The highest BCUT2D eigenvalue weighted by molar-refractivity contribution is 8.27. The number of benzene rings is 2. The lowest BCUT2D eigenvalue weighted by Crippen LogP contribution is -2.35. The number of hydrogen-bond donors (Lipinski definition) is 1. The van der Waals surface area contributed by atoms with E-state index in [4.69, 9.17) is 14.6 Å². The number of nitro groups is 1. The fraction of sp³-hybridized carbons (Fsp3) is 0.0833. The van der Waals surface area contributed by atoms with Crippen molar-refractivity contribution in [1.82, 2.24) is 5.01 Å². The molecule has 0 bridgehead atoms. The van der Waals surface area contributed by atoms with Crippen molar-refractivity contribution in [3.63, 3.8) is 0 Å². The van der Waals surface area contributed by atoms with Crippen molar-refractivity contribution in [3.8, 4) is 17.1 Å². The summed E-state index contributed by atoms with van der Waals surface area (Å²) in [5, 5.41) is 26.1. The lowest BCUT2D eigenvalue weighted by molar-refractivity contribution is -0.384. The van der Waals surface area contributed by atoms with Crippen molar-refractivity contribution in [2.24, 2.45) is 10.1 Å². The first-order chi connectivity index (χ1) is 16.9. The van der Waals surface area contributed by atoms with Gasteiger partial charge in [0.05, 0.1) is 10.5 Å². The van der Waals surface area contributed by atoms with Crippen LogP contribution in [0.1, 0.15) is 11.3 Å². The summed E-state index contributed by atoms with van der Waals surface area (Å²) in [6, 6.07) is 16.9. The van der Waals surface area contributed by atoms with Crippen LogP contribution in [0.2, 0.25) is 0 Å². The number of aliphatic imine (C=N–C) groups is 1. The smallest absolute Gasteiger partial charge is 0.283 e. The Bertz CT molecular complexity index is 1470. The zero-order chi connectivity index (χ0) is 24.5. The van der Waals surface area contributed by atoms with E-state index in [1.807, 2.05) is 31.2 Å². The molecule has 1 N–H and O–H groups in total. The van der Waals surface area contributed by atoms with Gasteiger partial charge in [-0.3, -0.25) is 20.3 Å². The van der Waals surface area contributed by atoms with Crippen LogP contribution < -0.4 is 4.74 Å². The Kier molecular flexibility index (Phi) is 5.75. The summed E-state index contributed by atoms with van der Waals surface area (Å²) in [5.74, 6) is 0.707. The van der Waals surface area contributed by atoms with Gasteiger partial charge in [-0.1, -0.05) is 30.3 Å². The molecule has 0 radical (unpaired) electrons. The molecule has 0 saturated heterocycles. The predicted molar refractivity (Wildman–Crippen MR) is 132 cm³/mol. The number of nitrogens with one attached hydrogen (secondary N) is 1. The first-order valence-electron chi connectivity index (χ1n) is 10.4. The Morgan fingerprint density at radius 2 is 2.03 bits per heavy atom. The number of furan rings is 1. The van der Waals surface area contributed by atoms with Crippen LogP contribution in [0.15, 0.2) is 80.7 Å². The fourth-order valence-corrected chi connectivity index (χ4v) is 4.25. The predicted octanol–water partition coefficient (Wildman–Crippen LogP) is 4.86. The topological polar surface area (TPSA) is 134 Å². The second-order valence-electron chi connectivity index (χ2n) is 7.58. The minimum atomic E-state index is -0.585. The van der Waals surface area contributed by atoms with Gasteiger partial charge in [0.25, 0.3) is 11.6 Å². The van der Waals surface area contributed by atoms with Crippen LogP contribution in [0.5, 0.6) is 5.75 Å². The van der Waals surface area contributed by atoms with Gasteiger partial charge in [-0.05, 0) is 48.5 Å². The van der Waals surface area contributed by atoms with E-state index in [2.05, 4.69) is 10.1 Å². The molecule has 0 unspecified atom stereocenters. The molecule has 174 valence electrons. The van der Waals surface area contributed by atoms with Crippen LogP contribution >= 0.6 is 11.8 Å². The third-order valence-electron chi connectivity index (χ3n) is 5.20. The van der Waals surface area contributed by atoms with Crippen molar-refractivity contribution < 1.29 is 18.9 Å². The van der Waals surface area contributed by atoms with Crippen molar-refractivity contribution in [2.45, 2.75) is 6.92 Å². The number of para-hydroxylation sites is 1. The molecule has 0 spiro atoms. The zero-order valence-corrected chi connectivity index (χ0v) is 19.1. The number of thioether (sulfide) groups is 1. The molecule has 1 aromatic heterocycles. The minimum absolute atomic E-state index is 0.0131. The van der Waals surface area contributed by atoms with E-state index in [1.165, 1.54) is 35.0 Å². The molecule has 0 aliphatic carbocycles. The van der Waals surface area contributed by atoms with Crippen LogP contribution in [0.3, 0.4) is 0 Å². The Morgan fingerprint density at radius 1 is 1.20 bits per heavy atom. The van der Waals surface area contributed by atoms with Crippen molar-refractivity contribution in [3.05, 3.63) is 87.7 Å². The third-order valence-corrected chi connectivity index (χ3v) is 6.08. The summed E-state index contributed by atoms with van der Waals surface area (Å²) in [6.45, 7) is 2.12. The summed E-state index contributed by atoms with van der Waals surface area (Å²) in [6.07, 6.45) is 1.41. The van der Waals surface area contributed by atoms with Crippen LogP contribution in [-0.4, -0.2) is 38.5 Å². The maximum absolute atomic E-state index is 12.6. The van der Waals surface area contributed by atoms with E-state index in [1.54, 1.807) is 24.3 Å². The Balaban J connectivity index is 1.34. The van der Waals surface area contributed by atoms with Crippen molar-refractivity contribution in [2.75, 3.05) is 6.61 Å². The number of amidine groups is 2. The van der Waals surface area contributed by atoms with Gasteiger partial charge in [-0.15, -0.1) is 0 Å². The zero-order valence-electron chi connectivity index (χ0n) is 18.3.